The van der Waals surface area contributed by atoms with Gasteiger partial charge in [0.1, 0.15) is 5.03 Å². The molecule has 16 heavy (non-hydrogen) atoms. The number of thioether (sulfide) groups is 1. The van der Waals surface area contributed by atoms with Gasteiger partial charge < -0.3 is 5.11 Å². The molecule has 0 radical (unpaired) electrons. The number of halogens is 1. The first-order valence-corrected chi connectivity index (χ1v) is 6.64. The third kappa shape index (κ3) is 8.73. The summed E-state index contributed by atoms with van der Waals surface area (Å²) in [5.74, 6) is 0.999. The summed E-state index contributed by atoms with van der Waals surface area (Å²) < 4.78 is 1.09. The van der Waals surface area contributed by atoms with Crippen molar-refractivity contribution >= 4 is 33.7 Å². The number of carboxylic acids is 1. The Labute approximate surface area is 109 Å². The first kappa shape index (κ1) is 15.4. The lowest BCUT2D eigenvalue weighted by molar-refractivity contribution is -0.134. The minimum atomic E-state index is -0.833. The van der Waals surface area contributed by atoms with Crippen molar-refractivity contribution in [2.75, 3.05) is 5.75 Å². The summed E-state index contributed by atoms with van der Waals surface area (Å²) >= 11 is 5.26. The largest absolute Gasteiger partial charge is 0.481 e. The van der Waals surface area contributed by atoms with Crippen LogP contribution in [-0.2, 0) is 4.79 Å². The van der Waals surface area contributed by atoms with E-state index in [0.29, 0.717) is 5.92 Å². The Balaban J connectivity index is 0.000000487. The fourth-order valence-electron chi connectivity index (χ4n) is 0.723. The molecule has 0 saturated heterocycles. The van der Waals surface area contributed by atoms with Gasteiger partial charge in [0.05, 0.1) is 0 Å². The number of pyridine rings is 1. The van der Waals surface area contributed by atoms with E-state index in [1.165, 1.54) is 0 Å². The summed E-state index contributed by atoms with van der Waals surface area (Å²) in [5, 5.41) is 8.51. The van der Waals surface area contributed by atoms with Gasteiger partial charge in [-0.15, -0.1) is 11.8 Å². The summed E-state index contributed by atoms with van der Waals surface area (Å²) in [5.41, 5.74) is 0. The monoisotopic (exact) mass is 305 g/mol. The summed E-state index contributed by atoms with van der Waals surface area (Å²) in [6.07, 6.45) is 1.83. The summed E-state index contributed by atoms with van der Waals surface area (Å²) in [7, 11) is 0. The van der Waals surface area contributed by atoms with Crippen molar-refractivity contribution in [3.8, 4) is 0 Å². The zero-order chi connectivity index (χ0) is 12.6. The second-order valence-corrected chi connectivity index (χ2v) is 5.38. The Morgan fingerprint density at radius 3 is 2.62 bits per heavy atom. The van der Waals surface area contributed by atoms with Gasteiger partial charge in [-0.05, 0) is 34.0 Å². The lowest BCUT2D eigenvalue weighted by atomic mass is 10.3. The molecule has 0 atom stereocenters. The molecule has 0 spiro atoms. The highest BCUT2D eigenvalue weighted by atomic mass is 79.9. The second-order valence-electron chi connectivity index (χ2n) is 3.51. The summed E-state index contributed by atoms with van der Waals surface area (Å²) in [6, 6.07) is 3.96. The molecule has 1 aromatic heterocycles. The predicted octanol–water partition coefficient (Wildman–Crippen LogP) is 3.68. The molecule has 1 rings (SSSR count). The van der Waals surface area contributed by atoms with E-state index in [1.807, 2.05) is 18.3 Å². The number of rotatable bonds is 3. The Kier molecular flexibility index (Phi) is 8.29. The van der Waals surface area contributed by atoms with Crippen LogP contribution in [0, 0.1) is 5.92 Å². The van der Waals surface area contributed by atoms with E-state index in [0.717, 1.165) is 22.2 Å². The molecule has 0 aromatic carbocycles. The zero-order valence-electron chi connectivity index (χ0n) is 9.61. The van der Waals surface area contributed by atoms with E-state index in [-0.39, 0.29) is 0 Å². The minimum Gasteiger partial charge on any atom is -0.481 e. The predicted molar refractivity (Wildman–Crippen MR) is 70.8 cm³/mol. The maximum atomic E-state index is 9.00. The van der Waals surface area contributed by atoms with E-state index in [4.69, 9.17) is 9.90 Å². The third-order valence-electron chi connectivity index (χ3n) is 1.28. The third-order valence-corrected chi connectivity index (χ3v) is 3.61. The molecule has 0 fully saturated rings. The molecule has 0 amide bonds. The molecule has 0 aliphatic carbocycles. The molecule has 1 aromatic rings. The molecule has 0 aliphatic rings. The molecule has 0 aliphatic heterocycles. The van der Waals surface area contributed by atoms with Crippen LogP contribution in [0.5, 0.6) is 0 Å². The van der Waals surface area contributed by atoms with E-state index < -0.39 is 5.97 Å². The van der Waals surface area contributed by atoms with Gasteiger partial charge in [-0.2, -0.15) is 0 Å². The van der Waals surface area contributed by atoms with Crippen molar-refractivity contribution < 1.29 is 9.90 Å². The quantitative estimate of drug-likeness (QED) is 0.865. The fraction of sp³-hybridized carbons (Fsp3) is 0.455. The van der Waals surface area contributed by atoms with Crippen LogP contribution >= 0.6 is 27.7 Å². The summed E-state index contributed by atoms with van der Waals surface area (Å²) in [6.45, 7) is 5.51. The van der Waals surface area contributed by atoms with Crippen LogP contribution in [0.2, 0.25) is 0 Å². The lowest BCUT2D eigenvalue weighted by Crippen LogP contribution is -1.91. The first-order chi connectivity index (χ1) is 7.43. The molecule has 0 bridgehead atoms. The SMILES string of the molecule is CC(=O)O.CC(C)CSc1ncccc1Br. The lowest BCUT2D eigenvalue weighted by Gasteiger charge is -2.04. The number of hydrogen-bond donors (Lipinski definition) is 1. The zero-order valence-corrected chi connectivity index (χ0v) is 12.0. The van der Waals surface area contributed by atoms with E-state index >= 15 is 0 Å². The molecular weight excluding hydrogens is 290 g/mol. The average Bonchev–Trinajstić information content (AvgIpc) is 2.15. The van der Waals surface area contributed by atoms with Crippen LogP contribution in [0.3, 0.4) is 0 Å². The first-order valence-electron chi connectivity index (χ1n) is 4.86. The number of hydrogen-bond acceptors (Lipinski definition) is 3. The van der Waals surface area contributed by atoms with E-state index in [2.05, 4.69) is 34.8 Å². The highest BCUT2D eigenvalue weighted by Gasteiger charge is 2.01. The molecule has 0 saturated carbocycles. The molecule has 3 nitrogen and oxygen atoms in total. The number of aromatic nitrogens is 1. The van der Waals surface area contributed by atoms with Crippen LogP contribution in [0.1, 0.15) is 20.8 Å². The topological polar surface area (TPSA) is 50.2 Å². The second kappa shape index (κ2) is 8.58. The van der Waals surface area contributed by atoms with Gasteiger partial charge in [-0.25, -0.2) is 4.98 Å². The van der Waals surface area contributed by atoms with Crippen LogP contribution in [0.4, 0.5) is 0 Å². The van der Waals surface area contributed by atoms with Gasteiger partial charge in [-0.3, -0.25) is 4.79 Å². The Hall–Kier alpha value is -0.550. The highest BCUT2D eigenvalue weighted by molar-refractivity contribution is 9.10. The smallest absolute Gasteiger partial charge is 0.300 e. The maximum absolute atomic E-state index is 9.00. The molecule has 0 unspecified atom stereocenters. The normalized spacial score (nSPS) is 9.56. The van der Waals surface area contributed by atoms with Crippen molar-refractivity contribution in [1.29, 1.82) is 0 Å². The van der Waals surface area contributed by atoms with Crippen LogP contribution < -0.4 is 0 Å². The maximum Gasteiger partial charge on any atom is 0.300 e. The van der Waals surface area contributed by atoms with Crippen molar-refractivity contribution in [2.24, 2.45) is 5.92 Å². The standard InChI is InChI=1S/C9H12BrNS.C2H4O2/c1-7(2)6-12-9-8(10)4-3-5-11-9;1-2(3)4/h3-5,7H,6H2,1-2H3;1H3,(H,3,4). The van der Waals surface area contributed by atoms with Gasteiger partial charge in [0.25, 0.3) is 5.97 Å². The molecule has 1 heterocycles. The Bertz CT molecular complexity index is 328. The van der Waals surface area contributed by atoms with Crippen molar-refractivity contribution in [3.63, 3.8) is 0 Å². The number of carbonyl (C=O) groups is 1. The van der Waals surface area contributed by atoms with Crippen LogP contribution in [0.25, 0.3) is 0 Å². The summed E-state index contributed by atoms with van der Waals surface area (Å²) in [4.78, 5) is 13.3. The van der Waals surface area contributed by atoms with Crippen molar-refractivity contribution in [2.45, 2.75) is 25.8 Å². The molecule has 1 N–H and O–H groups in total. The van der Waals surface area contributed by atoms with Crippen LogP contribution in [-0.4, -0.2) is 21.8 Å². The van der Waals surface area contributed by atoms with E-state index in [1.54, 1.807) is 11.8 Å². The minimum absolute atomic E-state index is 0.712. The van der Waals surface area contributed by atoms with Gasteiger partial charge in [0.15, 0.2) is 0 Å². The Morgan fingerprint density at radius 2 is 2.19 bits per heavy atom. The fourth-order valence-corrected chi connectivity index (χ4v) is 2.15. The van der Waals surface area contributed by atoms with Gasteiger partial charge >= 0.3 is 0 Å². The van der Waals surface area contributed by atoms with E-state index in [9.17, 15) is 0 Å². The van der Waals surface area contributed by atoms with Crippen molar-refractivity contribution in [3.05, 3.63) is 22.8 Å². The van der Waals surface area contributed by atoms with Gasteiger partial charge in [0.2, 0.25) is 0 Å². The number of nitrogens with zero attached hydrogens (tertiary/aromatic N) is 1. The van der Waals surface area contributed by atoms with Crippen LogP contribution in [0.15, 0.2) is 27.8 Å². The average molecular weight is 306 g/mol. The molecule has 90 valence electrons. The van der Waals surface area contributed by atoms with Gasteiger partial charge in [-0.1, -0.05) is 13.8 Å². The van der Waals surface area contributed by atoms with Crippen molar-refractivity contribution in [1.82, 2.24) is 4.98 Å². The number of aliphatic carboxylic acids is 1. The van der Waals surface area contributed by atoms with Gasteiger partial charge in [0, 0.05) is 23.3 Å². The highest BCUT2D eigenvalue weighted by Crippen LogP contribution is 2.25. The number of carboxylic acid groups (broad SMARTS) is 1. The molecular formula is C11H16BrNO2S. The Morgan fingerprint density at radius 1 is 1.62 bits per heavy atom. The molecule has 5 heteroatoms.